The Morgan fingerprint density at radius 3 is 2.92 bits per heavy atom. The highest BCUT2D eigenvalue weighted by Crippen LogP contribution is 2.28. The van der Waals surface area contributed by atoms with E-state index in [4.69, 9.17) is 5.73 Å². The molecule has 0 aromatic heterocycles. The maximum absolute atomic E-state index is 5.92. The minimum Gasteiger partial charge on any atom is -0.328 e. The number of rotatable bonds is 4. The van der Waals surface area contributed by atoms with E-state index in [0.29, 0.717) is 6.04 Å². The van der Waals surface area contributed by atoms with E-state index in [-0.39, 0.29) is 0 Å². The zero-order valence-electron chi connectivity index (χ0n) is 8.09. The van der Waals surface area contributed by atoms with Gasteiger partial charge in [0.15, 0.2) is 0 Å². The normalized spacial score (nSPS) is 30.5. The van der Waals surface area contributed by atoms with Crippen LogP contribution in [-0.4, -0.2) is 17.0 Å². The van der Waals surface area contributed by atoms with Crippen LogP contribution in [0.3, 0.4) is 0 Å². The molecule has 1 saturated carbocycles. The fourth-order valence-corrected chi connectivity index (χ4v) is 3.23. The number of unbranched alkanes of at least 4 members (excludes halogenated alkanes) is 1. The molecule has 0 amide bonds. The van der Waals surface area contributed by atoms with Crippen LogP contribution in [0, 0.1) is 0 Å². The highest BCUT2D eigenvalue weighted by Gasteiger charge is 2.18. The minimum atomic E-state index is 0.498. The summed E-state index contributed by atoms with van der Waals surface area (Å²) in [6, 6.07) is 0.498. The maximum Gasteiger partial charge on any atom is 0.00617 e. The van der Waals surface area contributed by atoms with Crippen molar-refractivity contribution in [3.05, 3.63) is 0 Å². The molecule has 2 unspecified atom stereocenters. The molecule has 0 heterocycles. The third kappa shape index (κ3) is 3.81. The zero-order chi connectivity index (χ0) is 8.81. The zero-order valence-corrected chi connectivity index (χ0v) is 8.91. The van der Waals surface area contributed by atoms with Gasteiger partial charge in [0.2, 0.25) is 0 Å². The SMILES string of the molecule is CCCCSC1CCCC(N)C1. The molecule has 0 aromatic carbocycles. The summed E-state index contributed by atoms with van der Waals surface area (Å²) in [5, 5.41) is 0.875. The number of hydrogen-bond acceptors (Lipinski definition) is 2. The fourth-order valence-electron chi connectivity index (χ4n) is 1.73. The van der Waals surface area contributed by atoms with Crippen LogP contribution in [0.4, 0.5) is 0 Å². The van der Waals surface area contributed by atoms with E-state index in [9.17, 15) is 0 Å². The molecule has 0 aliphatic heterocycles. The Morgan fingerprint density at radius 2 is 2.25 bits per heavy atom. The highest BCUT2D eigenvalue weighted by atomic mass is 32.2. The van der Waals surface area contributed by atoms with Gasteiger partial charge in [0, 0.05) is 11.3 Å². The number of hydrogen-bond donors (Lipinski definition) is 1. The van der Waals surface area contributed by atoms with Gasteiger partial charge in [0.25, 0.3) is 0 Å². The van der Waals surface area contributed by atoms with Gasteiger partial charge in [-0.15, -0.1) is 0 Å². The summed E-state index contributed by atoms with van der Waals surface area (Å²) < 4.78 is 0. The Kier molecular flexibility index (Phi) is 5.08. The molecule has 0 aromatic rings. The summed E-state index contributed by atoms with van der Waals surface area (Å²) in [5.41, 5.74) is 5.92. The first-order valence-corrected chi connectivity index (χ1v) is 6.25. The third-order valence-corrected chi connectivity index (χ3v) is 3.94. The van der Waals surface area contributed by atoms with E-state index in [2.05, 4.69) is 18.7 Å². The Balaban J connectivity index is 2.06. The predicted molar refractivity (Wildman–Crippen MR) is 57.6 cm³/mol. The van der Waals surface area contributed by atoms with E-state index in [1.807, 2.05) is 0 Å². The van der Waals surface area contributed by atoms with Crippen LogP contribution >= 0.6 is 11.8 Å². The van der Waals surface area contributed by atoms with Crippen LogP contribution in [0.15, 0.2) is 0 Å². The van der Waals surface area contributed by atoms with Crippen molar-refractivity contribution in [2.75, 3.05) is 5.75 Å². The molecule has 1 nitrogen and oxygen atoms in total. The first-order valence-electron chi connectivity index (χ1n) is 5.20. The monoisotopic (exact) mass is 187 g/mol. The van der Waals surface area contributed by atoms with Crippen molar-refractivity contribution in [1.82, 2.24) is 0 Å². The molecule has 72 valence electrons. The lowest BCUT2D eigenvalue weighted by Gasteiger charge is -2.25. The molecule has 2 N–H and O–H groups in total. The Hall–Kier alpha value is 0.310. The Labute approximate surface area is 80.5 Å². The average Bonchev–Trinajstić information content (AvgIpc) is 2.05. The van der Waals surface area contributed by atoms with Gasteiger partial charge in [-0.25, -0.2) is 0 Å². The fraction of sp³-hybridized carbons (Fsp3) is 1.00. The molecule has 0 bridgehead atoms. The van der Waals surface area contributed by atoms with Crippen LogP contribution in [0.5, 0.6) is 0 Å². The first-order chi connectivity index (χ1) is 5.83. The summed E-state index contributed by atoms with van der Waals surface area (Å²) >= 11 is 2.15. The van der Waals surface area contributed by atoms with Crippen LogP contribution < -0.4 is 5.73 Å². The second-order valence-electron chi connectivity index (χ2n) is 3.77. The van der Waals surface area contributed by atoms with Gasteiger partial charge in [-0.1, -0.05) is 19.8 Å². The lowest BCUT2D eigenvalue weighted by molar-refractivity contribution is 0.451. The molecule has 1 fully saturated rings. The molecule has 0 radical (unpaired) electrons. The Morgan fingerprint density at radius 1 is 1.42 bits per heavy atom. The van der Waals surface area contributed by atoms with Gasteiger partial charge < -0.3 is 5.73 Å². The lowest BCUT2D eigenvalue weighted by Crippen LogP contribution is -2.29. The first kappa shape index (κ1) is 10.4. The largest absolute Gasteiger partial charge is 0.328 e. The van der Waals surface area contributed by atoms with Crippen molar-refractivity contribution >= 4 is 11.8 Å². The Bertz CT molecular complexity index is 116. The highest BCUT2D eigenvalue weighted by molar-refractivity contribution is 7.99. The summed E-state index contributed by atoms with van der Waals surface area (Å²) in [6.45, 7) is 2.26. The van der Waals surface area contributed by atoms with E-state index < -0.39 is 0 Å². The summed E-state index contributed by atoms with van der Waals surface area (Å²) in [4.78, 5) is 0. The van der Waals surface area contributed by atoms with Gasteiger partial charge in [0.1, 0.15) is 0 Å². The lowest BCUT2D eigenvalue weighted by atomic mass is 9.96. The van der Waals surface area contributed by atoms with Crippen molar-refractivity contribution < 1.29 is 0 Å². The van der Waals surface area contributed by atoms with E-state index in [0.717, 1.165) is 5.25 Å². The van der Waals surface area contributed by atoms with Gasteiger partial charge >= 0.3 is 0 Å². The molecule has 12 heavy (non-hydrogen) atoms. The van der Waals surface area contributed by atoms with Crippen LogP contribution in [0.1, 0.15) is 45.4 Å². The third-order valence-electron chi connectivity index (χ3n) is 2.52. The van der Waals surface area contributed by atoms with Gasteiger partial charge in [-0.2, -0.15) is 11.8 Å². The maximum atomic E-state index is 5.92. The van der Waals surface area contributed by atoms with Crippen LogP contribution in [-0.2, 0) is 0 Å². The number of thioether (sulfide) groups is 1. The van der Waals surface area contributed by atoms with Crippen LogP contribution in [0.25, 0.3) is 0 Å². The molecule has 1 rings (SSSR count). The average molecular weight is 187 g/mol. The van der Waals surface area contributed by atoms with E-state index in [1.54, 1.807) is 0 Å². The number of nitrogens with two attached hydrogens (primary N) is 1. The van der Waals surface area contributed by atoms with Crippen molar-refractivity contribution in [3.8, 4) is 0 Å². The van der Waals surface area contributed by atoms with Gasteiger partial charge in [-0.3, -0.25) is 0 Å². The topological polar surface area (TPSA) is 26.0 Å². The molecule has 2 heteroatoms. The summed E-state index contributed by atoms with van der Waals surface area (Å²) in [5.74, 6) is 1.34. The second kappa shape index (κ2) is 5.87. The molecular weight excluding hydrogens is 166 g/mol. The summed E-state index contributed by atoms with van der Waals surface area (Å²) in [6.07, 6.45) is 7.97. The predicted octanol–water partition coefficient (Wildman–Crippen LogP) is 2.79. The van der Waals surface area contributed by atoms with E-state index >= 15 is 0 Å². The smallest absolute Gasteiger partial charge is 0.00617 e. The van der Waals surface area contributed by atoms with Crippen LogP contribution in [0.2, 0.25) is 0 Å². The van der Waals surface area contributed by atoms with Crippen molar-refractivity contribution in [2.45, 2.75) is 56.7 Å². The molecule has 2 atom stereocenters. The van der Waals surface area contributed by atoms with E-state index in [1.165, 1.54) is 44.3 Å². The standard InChI is InChI=1S/C10H21NS/c1-2-3-7-12-10-6-4-5-9(11)8-10/h9-10H,2-8,11H2,1H3. The molecular formula is C10H21NS. The summed E-state index contributed by atoms with van der Waals surface area (Å²) in [7, 11) is 0. The van der Waals surface area contributed by atoms with Crippen molar-refractivity contribution in [3.63, 3.8) is 0 Å². The van der Waals surface area contributed by atoms with Crippen molar-refractivity contribution in [2.24, 2.45) is 5.73 Å². The molecule has 0 saturated heterocycles. The molecule has 1 aliphatic carbocycles. The van der Waals surface area contributed by atoms with Gasteiger partial charge in [0.05, 0.1) is 0 Å². The second-order valence-corrected chi connectivity index (χ2v) is 5.18. The van der Waals surface area contributed by atoms with Gasteiger partial charge in [-0.05, 0) is 31.4 Å². The minimum absolute atomic E-state index is 0.498. The molecule has 0 spiro atoms. The quantitative estimate of drug-likeness (QED) is 0.685. The molecule has 1 aliphatic rings. The van der Waals surface area contributed by atoms with Crippen molar-refractivity contribution in [1.29, 1.82) is 0 Å².